The van der Waals surface area contributed by atoms with Gasteiger partial charge in [0.1, 0.15) is 5.75 Å². The van der Waals surface area contributed by atoms with Gasteiger partial charge in [-0.05, 0) is 42.8 Å². The molecule has 0 fully saturated rings. The van der Waals surface area contributed by atoms with E-state index in [0.717, 1.165) is 11.3 Å². The van der Waals surface area contributed by atoms with E-state index >= 15 is 0 Å². The van der Waals surface area contributed by atoms with Crippen LogP contribution in [0.1, 0.15) is 11.1 Å². The fourth-order valence-electron chi connectivity index (χ4n) is 1.43. The molecule has 0 radical (unpaired) electrons. The highest BCUT2D eigenvalue weighted by molar-refractivity contribution is 6.31. The van der Waals surface area contributed by atoms with Crippen LogP contribution in [0, 0.1) is 6.92 Å². The number of aromatic hydroxyl groups is 1. The molecule has 0 unspecified atom stereocenters. The van der Waals surface area contributed by atoms with Gasteiger partial charge in [-0.1, -0.05) is 29.3 Å². The van der Waals surface area contributed by atoms with Gasteiger partial charge >= 0.3 is 0 Å². The lowest BCUT2D eigenvalue weighted by Crippen LogP contribution is -1.82. The summed E-state index contributed by atoms with van der Waals surface area (Å²) in [5.41, 5.74) is 2.30. The summed E-state index contributed by atoms with van der Waals surface area (Å²) in [6, 6.07) is 10.3. The Bertz CT molecular complexity index is 609. The molecule has 2 nitrogen and oxygen atoms in total. The molecule has 0 heterocycles. The molecule has 0 aliphatic heterocycles. The number of aliphatic imine (C=N–C) groups is 1. The number of rotatable bonds is 2. The topological polar surface area (TPSA) is 32.6 Å². The van der Waals surface area contributed by atoms with E-state index in [-0.39, 0.29) is 5.75 Å². The quantitative estimate of drug-likeness (QED) is 0.790. The van der Waals surface area contributed by atoms with Gasteiger partial charge in [0.15, 0.2) is 0 Å². The first-order valence-corrected chi connectivity index (χ1v) is 6.10. The third kappa shape index (κ3) is 3.03. The standard InChI is InChI=1S/C14H11Cl2NO/c1-9-2-4-12(7-13(9)16)17-8-10-6-11(15)3-5-14(10)18/h2-8,18H,1H3. The van der Waals surface area contributed by atoms with Crippen LogP contribution in [0.4, 0.5) is 5.69 Å². The molecule has 0 spiro atoms. The van der Waals surface area contributed by atoms with E-state index in [0.29, 0.717) is 15.6 Å². The fourth-order valence-corrected chi connectivity index (χ4v) is 1.79. The monoisotopic (exact) mass is 279 g/mol. The molecule has 0 saturated carbocycles. The van der Waals surface area contributed by atoms with Crippen LogP contribution in [0.2, 0.25) is 10.0 Å². The molecule has 0 aromatic heterocycles. The van der Waals surface area contributed by atoms with Gasteiger partial charge in [0.25, 0.3) is 0 Å². The zero-order chi connectivity index (χ0) is 13.1. The van der Waals surface area contributed by atoms with E-state index in [1.165, 1.54) is 6.07 Å². The van der Waals surface area contributed by atoms with Crippen molar-refractivity contribution in [1.29, 1.82) is 0 Å². The zero-order valence-corrected chi connectivity index (χ0v) is 11.2. The Morgan fingerprint density at radius 3 is 2.61 bits per heavy atom. The van der Waals surface area contributed by atoms with Gasteiger partial charge in [-0.25, -0.2) is 0 Å². The van der Waals surface area contributed by atoms with Gasteiger partial charge in [0.05, 0.1) is 5.69 Å². The van der Waals surface area contributed by atoms with Crippen LogP contribution in [0.3, 0.4) is 0 Å². The maximum absolute atomic E-state index is 9.64. The maximum atomic E-state index is 9.64. The first-order valence-electron chi connectivity index (χ1n) is 5.35. The van der Waals surface area contributed by atoms with E-state index in [4.69, 9.17) is 23.2 Å². The Kier molecular flexibility index (Phi) is 3.90. The number of halogens is 2. The number of hydrogen-bond acceptors (Lipinski definition) is 2. The minimum atomic E-state index is 0.140. The Labute approximate surface area is 116 Å². The van der Waals surface area contributed by atoms with Crippen molar-refractivity contribution in [3.05, 3.63) is 57.6 Å². The minimum absolute atomic E-state index is 0.140. The lowest BCUT2D eigenvalue weighted by Gasteiger charge is -2.00. The highest BCUT2D eigenvalue weighted by Crippen LogP contribution is 2.24. The third-order valence-corrected chi connectivity index (χ3v) is 3.14. The lowest BCUT2D eigenvalue weighted by molar-refractivity contribution is 0.474. The molecule has 1 N–H and O–H groups in total. The molecule has 0 saturated heterocycles. The van der Waals surface area contributed by atoms with Crippen molar-refractivity contribution in [3.8, 4) is 5.75 Å². The molecule has 92 valence electrons. The van der Waals surface area contributed by atoms with Crippen molar-refractivity contribution in [2.75, 3.05) is 0 Å². The largest absolute Gasteiger partial charge is 0.507 e. The maximum Gasteiger partial charge on any atom is 0.124 e. The summed E-state index contributed by atoms with van der Waals surface area (Å²) in [7, 11) is 0. The molecular formula is C14H11Cl2NO. The van der Waals surface area contributed by atoms with Crippen LogP contribution in [0.15, 0.2) is 41.4 Å². The number of benzene rings is 2. The van der Waals surface area contributed by atoms with E-state index < -0.39 is 0 Å². The minimum Gasteiger partial charge on any atom is -0.507 e. The highest BCUT2D eigenvalue weighted by atomic mass is 35.5. The molecule has 18 heavy (non-hydrogen) atoms. The molecule has 2 aromatic rings. The van der Waals surface area contributed by atoms with Gasteiger partial charge in [-0.2, -0.15) is 0 Å². The molecule has 2 aromatic carbocycles. The summed E-state index contributed by atoms with van der Waals surface area (Å²) in [5, 5.41) is 10.9. The van der Waals surface area contributed by atoms with Crippen molar-refractivity contribution < 1.29 is 5.11 Å². The second-order valence-electron chi connectivity index (χ2n) is 3.89. The summed E-state index contributed by atoms with van der Waals surface area (Å²) < 4.78 is 0. The van der Waals surface area contributed by atoms with Crippen molar-refractivity contribution in [1.82, 2.24) is 0 Å². The number of phenolic OH excluding ortho intramolecular Hbond substituents is 1. The summed E-state index contributed by atoms with van der Waals surface area (Å²) in [6.07, 6.45) is 1.56. The van der Waals surface area contributed by atoms with Crippen LogP contribution in [-0.4, -0.2) is 11.3 Å². The normalized spacial score (nSPS) is 11.1. The van der Waals surface area contributed by atoms with Crippen LogP contribution in [0.25, 0.3) is 0 Å². The number of hydrogen-bond donors (Lipinski definition) is 1. The molecule has 0 amide bonds. The second kappa shape index (κ2) is 5.42. The molecule has 0 bridgehead atoms. The summed E-state index contributed by atoms with van der Waals surface area (Å²) in [4.78, 5) is 4.25. The number of phenols is 1. The summed E-state index contributed by atoms with van der Waals surface area (Å²) in [5.74, 6) is 0.140. The average Bonchev–Trinajstić information content (AvgIpc) is 2.34. The van der Waals surface area contributed by atoms with Gasteiger partial charge in [-0.3, -0.25) is 4.99 Å². The van der Waals surface area contributed by atoms with Crippen molar-refractivity contribution in [3.63, 3.8) is 0 Å². The Hall–Kier alpha value is -1.51. The second-order valence-corrected chi connectivity index (χ2v) is 4.74. The first kappa shape index (κ1) is 12.9. The summed E-state index contributed by atoms with van der Waals surface area (Å²) in [6.45, 7) is 1.93. The molecule has 2 rings (SSSR count). The van der Waals surface area contributed by atoms with Gasteiger partial charge in [0, 0.05) is 21.8 Å². The average molecular weight is 280 g/mol. The molecule has 0 atom stereocenters. The Morgan fingerprint density at radius 1 is 1.11 bits per heavy atom. The summed E-state index contributed by atoms with van der Waals surface area (Å²) >= 11 is 11.9. The Morgan fingerprint density at radius 2 is 1.89 bits per heavy atom. The van der Waals surface area contributed by atoms with Crippen molar-refractivity contribution in [2.45, 2.75) is 6.92 Å². The zero-order valence-electron chi connectivity index (χ0n) is 9.69. The predicted molar refractivity (Wildman–Crippen MR) is 76.6 cm³/mol. The fraction of sp³-hybridized carbons (Fsp3) is 0.0714. The first-order chi connectivity index (χ1) is 8.56. The van der Waals surface area contributed by atoms with E-state index in [9.17, 15) is 5.11 Å². The molecule has 0 aliphatic rings. The Balaban J connectivity index is 2.29. The predicted octanol–water partition coefficient (Wildman–Crippen LogP) is 4.76. The third-order valence-electron chi connectivity index (χ3n) is 2.50. The van der Waals surface area contributed by atoms with Crippen molar-refractivity contribution >= 4 is 35.1 Å². The van der Waals surface area contributed by atoms with Crippen LogP contribution < -0.4 is 0 Å². The van der Waals surface area contributed by atoms with Gasteiger partial charge in [0.2, 0.25) is 0 Å². The van der Waals surface area contributed by atoms with Crippen LogP contribution >= 0.6 is 23.2 Å². The molecule has 4 heteroatoms. The molecule has 0 aliphatic carbocycles. The lowest BCUT2D eigenvalue weighted by atomic mass is 10.2. The van der Waals surface area contributed by atoms with Gasteiger partial charge in [-0.15, -0.1) is 0 Å². The van der Waals surface area contributed by atoms with Crippen molar-refractivity contribution in [2.24, 2.45) is 4.99 Å². The van der Waals surface area contributed by atoms with E-state index in [1.807, 2.05) is 19.1 Å². The highest BCUT2D eigenvalue weighted by Gasteiger charge is 2.00. The van der Waals surface area contributed by atoms with Crippen LogP contribution in [0.5, 0.6) is 5.75 Å². The SMILES string of the molecule is Cc1ccc(N=Cc2cc(Cl)ccc2O)cc1Cl. The molecular weight excluding hydrogens is 269 g/mol. The van der Waals surface area contributed by atoms with Crippen LogP contribution in [-0.2, 0) is 0 Å². The van der Waals surface area contributed by atoms with E-state index in [2.05, 4.69) is 4.99 Å². The smallest absolute Gasteiger partial charge is 0.124 e. The van der Waals surface area contributed by atoms with E-state index in [1.54, 1.807) is 24.4 Å². The van der Waals surface area contributed by atoms with Gasteiger partial charge < -0.3 is 5.11 Å². The number of nitrogens with zero attached hydrogens (tertiary/aromatic N) is 1. The number of aryl methyl sites for hydroxylation is 1.